The third kappa shape index (κ3) is 5.70. The summed E-state index contributed by atoms with van der Waals surface area (Å²) in [6, 6.07) is 7.34. The zero-order chi connectivity index (χ0) is 19.1. The van der Waals surface area contributed by atoms with Gasteiger partial charge in [-0.15, -0.1) is 0 Å². The minimum absolute atomic E-state index is 0.0994. The molecule has 0 saturated carbocycles. The molecule has 1 aromatic carbocycles. The summed E-state index contributed by atoms with van der Waals surface area (Å²) in [6.07, 6.45) is 5.39. The van der Waals surface area contributed by atoms with Gasteiger partial charge in [0, 0.05) is 19.7 Å². The Morgan fingerprint density at radius 1 is 1.33 bits per heavy atom. The zero-order valence-electron chi connectivity index (χ0n) is 15.8. The van der Waals surface area contributed by atoms with Crippen molar-refractivity contribution in [3.05, 3.63) is 35.4 Å². The van der Waals surface area contributed by atoms with Crippen molar-refractivity contribution in [1.82, 2.24) is 16.0 Å². The van der Waals surface area contributed by atoms with Gasteiger partial charge in [-0.3, -0.25) is 9.59 Å². The van der Waals surface area contributed by atoms with E-state index < -0.39 is 6.04 Å². The summed E-state index contributed by atoms with van der Waals surface area (Å²) in [7, 11) is 0. The average molecular weight is 392 g/mol. The number of thioether (sulfide) groups is 1. The van der Waals surface area contributed by atoms with Crippen LogP contribution in [0.1, 0.15) is 30.4 Å². The van der Waals surface area contributed by atoms with E-state index in [0.29, 0.717) is 25.9 Å². The zero-order valence-corrected chi connectivity index (χ0v) is 16.6. The molecule has 0 bridgehead atoms. The van der Waals surface area contributed by atoms with Crippen molar-refractivity contribution in [3.63, 3.8) is 0 Å². The molecule has 0 aromatic heterocycles. The van der Waals surface area contributed by atoms with Gasteiger partial charge < -0.3 is 20.7 Å². The van der Waals surface area contributed by atoms with Gasteiger partial charge in [0.15, 0.2) is 0 Å². The Bertz CT molecular complexity index is 649. The normalized spacial score (nSPS) is 22.7. The van der Waals surface area contributed by atoms with Crippen LogP contribution in [-0.4, -0.2) is 55.2 Å². The molecule has 27 heavy (non-hydrogen) atoms. The number of ether oxygens (including phenoxy) is 1. The predicted molar refractivity (Wildman–Crippen MR) is 108 cm³/mol. The lowest BCUT2D eigenvalue weighted by atomic mass is 9.95. The second-order valence-electron chi connectivity index (χ2n) is 7.13. The smallest absolute Gasteiger partial charge is 0.242 e. The van der Waals surface area contributed by atoms with E-state index in [2.05, 4.69) is 28.1 Å². The average Bonchev–Trinajstić information content (AvgIpc) is 3.22. The number of amides is 2. The van der Waals surface area contributed by atoms with E-state index >= 15 is 0 Å². The molecule has 0 aliphatic carbocycles. The third-order valence-electron chi connectivity index (χ3n) is 5.17. The Balaban J connectivity index is 1.54. The van der Waals surface area contributed by atoms with Crippen LogP contribution in [0.15, 0.2) is 24.3 Å². The second kappa shape index (κ2) is 10.1. The third-order valence-corrected chi connectivity index (χ3v) is 5.81. The summed E-state index contributed by atoms with van der Waals surface area (Å²) >= 11 is 1.67. The first-order chi connectivity index (χ1) is 13.2. The van der Waals surface area contributed by atoms with Crippen LogP contribution in [0, 0.1) is 0 Å². The van der Waals surface area contributed by atoms with Gasteiger partial charge in [0.25, 0.3) is 0 Å². The number of nitrogens with one attached hydrogen (secondary N) is 3. The molecule has 3 rings (SSSR count). The summed E-state index contributed by atoms with van der Waals surface area (Å²) in [6.45, 7) is 1.95. The van der Waals surface area contributed by atoms with Gasteiger partial charge in [-0.25, -0.2) is 0 Å². The Hall–Kier alpha value is -1.57. The molecule has 2 aliphatic rings. The second-order valence-corrected chi connectivity index (χ2v) is 8.11. The fraction of sp³-hybridized carbons (Fsp3) is 0.600. The molecule has 0 spiro atoms. The number of rotatable bonds is 8. The van der Waals surface area contributed by atoms with E-state index in [4.69, 9.17) is 4.74 Å². The lowest BCUT2D eigenvalue weighted by molar-refractivity contribution is -0.130. The van der Waals surface area contributed by atoms with Crippen molar-refractivity contribution >= 4 is 23.6 Å². The molecular weight excluding hydrogens is 362 g/mol. The van der Waals surface area contributed by atoms with Gasteiger partial charge in [0.2, 0.25) is 11.8 Å². The Kier molecular flexibility index (Phi) is 7.55. The van der Waals surface area contributed by atoms with Gasteiger partial charge in [0.1, 0.15) is 6.04 Å². The van der Waals surface area contributed by atoms with Crippen LogP contribution < -0.4 is 16.0 Å². The fourth-order valence-electron chi connectivity index (χ4n) is 3.56. The monoisotopic (exact) mass is 391 g/mol. The quantitative estimate of drug-likeness (QED) is 0.621. The maximum Gasteiger partial charge on any atom is 0.242 e. The molecule has 3 N–H and O–H groups in total. The van der Waals surface area contributed by atoms with E-state index in [1.807, 2.05) is 18.4 Å². The molecule has 7 heteroatoms. The summed E-state index contributed by atoms with van der Waals surface area (Å²) in [4.78, 5) is 25.4. The first-order valence-corrected chi connectivity index (χ1v) is 11.1. The van der Waals surface area contributed by atoms with E-state index in [1.165, 1.54) is 11.1 Å². The lowest BCUT2D eigenvalue weighted by Gasteiger charge is -2.27. The van der Waals surface area contributed by atoms with Gasteiger partial charge in [-0.1, -0.05) is 24.3 Å². The first-order valence-electron chi connectivity index (χ1n) is 9.66. The summed E-state index contributed by atoms with van der Waals surface area (Å²) in [5.41, 5.74) is 2.43. The van der Waals surface area contributed by atoms with Crippen molar-refractivity contribution in [1.29, 1.82) is 0 Å². The maximum absolute atomic E-state index is 12.8. The first kappa shape index (κ1) is 20.2. The van der Waals surface area contributed by atoms with Crippen LogP contribution in [0.25, 0.3) is 0 Å². The number of hydrogen-bond donors (Lipinski definition) is 3. The molecule has 148 valence electrons. The maximum atomic E-state index is 12.8. The van der Waals surface area contributed by atoms with Crippen molar-refractivity contribution < 1.29 is 14.3 Å². The highest BCUT2D eigenvalue weighted by Crippen LogP contribution is 2.16. The minimum atomic E-state index is -0.509. The summed E-state index contributed by atoms with van der Waals surface area (Å²) in [5.74, 6) is 0.589. The van der Waals surface area contributed by atoms with E-state index in [-0.39, 0.29) is 24.0 Å². The number of hydrogen-bond acceptors (Lipinski definition) is 5. The van der Waals surface area contributed by atoms with Gasteiger partial charge >= 0.3 is 0 Å². The number of benzene rings is 1. The summed E-state index contributed by atoms with van der Waals surface area (Å²) in [5, 5.41) is 9.19. The molecule has 1 fully saturated rings. The molecule has 0 radical (unpaired) electrons. The fourth-order valence-corrected chi connectivity index (χ4v) is 4.03. The number of carbonyl (C=O) groups is 2. The Morgan fingerprint density at radius 3 is 2.89 bits per heavy atom. The largest absolute Gasteiger partial charge is 0.376 e. The van der Waals surface area contributed by atoms with Crippen molar-refractivity contribution in [3.8, 4) is 0 Å². The van der Waals surface area contributed by atoms with Gasteiger partial charge in [-0.05, 0) is 48.8 Å². The SMILES string of the molecule is CSCC[C@H](NC(=O)[C@H]1Cc2ccccc2CN1)C(=O)NC[C@H]1CCCO1. The van der Waals surface area contributed by atoms with Crippen LogP contribution in [0.2, 0.25) is 0 Å². The Labute approximate surface area is 165 Å². The van der Waals surface area contributed by atoms with Crippen molar-refractivity contribution in [2.75, 3.05) is 25.2 Å². The molecule has 2 aliphatic heterocycles. The molecule has 1 aromatic rings. The molecule has 0 unspecified atom stereocenters. The van der Waals surface area contributed by atoms with Crippen LogP contribution >= 0.6 is 11.8 Å². The molecule has 1 saturated heterocycles. The van der Waals surface area contributed by atoms with Crippen LogP contribution in [0.4, 0.5) is 0 Å². The minimum Gasteiger partial charge on any atom is -0.376 e. The molecule has 3 atom stereocenters. The molecule has 6 nitrogen and oxygen atoms in total. The highest BCUT2D eigenvalue weighted by Gasteiger charge is 2.28. The number of fused-ring (bicyclic) bond motifs is 1. The lowest BCUT2D eigenvalue weighted by Crippen LogP contribution is -2.55. The van der Waals surface area contributed by atoms with Gasteiger partial charge in [0.05, 0.1) is 12.1 Å². The van der Waals surface area contributed by atoms with Crippen LogP contribution in [-0.2, 0) is 27.3 Å². The topological polar surface area (TPSA) is 79.5 Å². The van der Waals surface area contributed by atoms with E-state index in [1.54, 1.807) is 11.8 Å². The van der Waals surface area contributed by atoms with Crippen molar-refractivity contribution in [2.45, 2.75) is 50.4 Å². The molecule has 2 amide bonds. The van der Waals surface area contributed by atoms with E-state index in [9.17, 15) is 9.59 Å². The predicted octanol–water partition coefficient (Wildman–Crippen LogP) is 1.23. The highest BCUT2D eigenvalue weighted by atomic mass is 32.2. The molecular formula is C20H29N3O3S. The molecule has 2 heterocycles. The summed E-state index contributed by atoms with van der Waals surface area (Å²) < 4.78 is 5.56. The van der Waals surface area contributed by atoms with Crippen molar-refractivity contribution in [2.24, 2.45) is 0 Å². The number of carbonyl (C=O) groups excluding carboxylic acids is 2. The van der Waals surface area contributed by atoms with E-state index in [0.717, 1.165) is 25.2 Å². The Morgan fingerprint density at radius 2 is 2.15 bits per heavy atom. The highest BCUT2D eigenvalue weighted by molar-refractivity contribution is 7.98. The standard InChI is InChI=1S/C20H29N3O3S/c1-27-10-8-17(19(24)22-13-16-7-4-9-26-16)23-20(25)18-11-14-5-2-3-6-15(14)12-21-18/h2-3,5-6,16-18,21H,4,7-13H2,1H3,(H,22,24)(H,23,25)/t16-,17+,18-/m1/s1. The van der Waals surface area contributed by atoms with Gasteiger partial charge in [-0.2, -0.15) is 11.8 Å². The van der Waals surface area contributed by atoms with Crippen LogP contribution in [0.5, 0.6) is 0 Å². The van der Waals surface area contributed by atoms with Crippen LogP contribution in [0.3, 0.4) is 0 Å².